The molecule has 0 unspecified atom stereocenters. The van der Waals surface area contributed by atoms with Crippen molar-refractivity contribution in [2.45, 2.75) is 52.7 Å². The first-order chi connectivity index (χ1) is 13.4. The van der Waals surface area contributed by atoms with Gasteiger partial charge in [0.2, 0.25) is 5.91 Å². The summed E-state index contributed by atoms with van der Waals surface area (Å²) in [6.07, 6.45) is 0.529. The minimum atomic E-state index is -0.545. The van der Waals surface area contributed by atoms with Crippen molar-refractivity contribution in [1.29, 1.82) is 0 Å². The number of benzene rings is 2. The fourth-order valence-corrected chi connectivity index (χ4v) is 3.01. The first-order valence-electron chi connectivity index (χ1n) is 9.74. The average molecular weight is 383 g/mol. The van der Waals surface area contributed by atoms with Gasteiger partial charge in [0.15, 0.2) is 6.61 Å². The molecule has 0 radical (unpaired) electrons. The van der Waals surface area contributed by atoms with Crippen LogP contribution in [0.15, 0.2) is 54.6 Å². The summed E-state index contributed by atoms with van der Waals surface area (Å²) >= 11 is 0. The normalized spacial score (nSPS) is 11.8. The van der Waals surface area contributed by atoms with Gasteiger partial charge in [-0.3, -0.25) is 9.59 Å². The van der Waals surface area contributed by atoms with Gasteiger partial charge in [-0.25, -0.2) is 0 Å². The smallest absolute Gasteiger partial charge is 0.261 e. The zero-order valence-electron chi connectivity index (χ0n) is 17.1. The third kappa shape index (κ3) is 6.41. The summed E-state index contributed by atoms with van der Waals surface area (Å²) < 4.78 is 5.70. The predicted molar refractivity (Wildman–Crippen MR) is 111 cm³/mol. The van der Waals surface area contributed by atoms with Crippen LogP contribution in [-0.2, 0) is 16.1 Å². The number of amides is 2. The molecule has 28 heavy (non-hydrogen) atoms. The Morgan fingerprint density at radius 2 is 1.79 bits per heavy atom. The van der Waals surface area contributed by atoms with E-state index in [9.17, 15) is 9.59 Å². The number of ether oxygens (including phenoxy) is 1. The largest absolute Gasteiger partial charge is 0.484 e. The van der Waals surface area contributed by atoms with E-state index in [2.05, 4.69) is 5.32 Å². The lowest BCUT2D eigenvalue weighted by molar-refractivity contribution is -0.143. The van der Waals surface area contributed by atoms with Crippen LogP contribution in [0, 0.1) is 6.92 Å². The molecule has 150 valence electrons. The van der Waals surface area contributed by atoms with Crippen molar-refractivity contribution in [1.82, 2.24) is 10.2 Å². The molecule has 0 heterocycles. The zero-order chi connectivity index (χ0) is 20.5. The van der Waals surface area contributed by atoms with Gasteiger partial charge in [-0.15, -0.1) is 0 Å². The molecule has 0 aliphatic carbocycles. The summed E-state index contributed by atoms with van der Waals surface area (Å²) in [6, 6.07) is 16.7. The number of hydrogen-bond donors (Lipinski definition) is 1. The summed E-state index contributed by atoms with van der Waals surface area (Å²) in [5.41, 5.74) is 2.04. The Balaban J connectivity index is 2.17. The molecule has 0 aliphatic rings. The van der Waals surface area contributed by atoms with Gasteiger partial charge in [0.25, 0.3) is 5.91 Å². The molecule has 5 heteroatoms. The van der Waals surface area contributed by atoms with Gasteiger partial charge in [0.1, 0.15) is 11.8 Å². The highest BCUT2D eigenvalue weighted by Crippen LogP contribution is 2.15. The zero-order valence-corrected chi connectivity index (χ0v) is 17.1. The molecule has 2 aromatic rings. The number of rotatable bonds is 9. The fourth-order valence-electron chi connectivity index (χ4n) is 3.01. The Morgan fingerprint density at radius 1 is 1.07 bits per heavy atom. The SMILES string of the molecule is CC[C@H](C(=O)NC(C)C)N(Cc1ccccc1)C(=O)COc1cccc(C)c1. The molecule has 1 atom stereocenters. The van der Waals surface area contributed by atoms with Gasteiger partial charge >= 0.3 is 0 Å². The summed E-state index contributed by atoms with van der Waals surface area (Å²) in [5, 5.41) is 2.92. The maximum Gasteiger partial charge on any atom is 0.261 e. The predicted octanol–water partition coefficient (Wildman–Crippen LogP) is 3.71. The van der Waals surface area contributed by atoms with E-state index in [0.717, 1.165) is 11.1 Å². The first kappa shape index (κ1) is 21.5. The third-order valence-corrected chi connectivity index (χ3v) is 4.36. The quantitative estimate of drug-likeness (QED) is 0.719. The Morgan fingerprint density at radius 3 is 2.39 bits per heavy atom. The number of hydrogen-bond acceptors (Lipinski definition) is 3. The van der Waals surface area contributed by atoms with Crippen molar-refractivity contribution in [3.8, 4) is 5.75 Å². The molecule has 0 bridgehead atoms. The van der Waals surface area contributed by atoms with Gasteiger partial charge in [-0.05, 0) is 50.5 Å². The van der Waals surface area contributed by atoms with E-state index in [1.807, 2.05) is 82.3 Å². The lowest BCUT2D eigenvalue weighted by Crippen LogP contribution is -2.51. The van der Waals surface area contributed by atoms with E-state index in [1.54, 1.807) is 4.90 Å². The van der Waals surface area contributed by atoms with E-state index < -0.39 is 6.04 Å². The van der Waals surface area contributed by atoms with Gasteiger partial charge in [-0.1, -0.05) is 49.4 Å². The number of carbonyl (C=O) groups is 2. The Bertz CT molecular complexity index is 774. The van der Waals surface area contributed by atoms with Crippen molar-refractivity contribution in [3.05, 3.63) is 65.7 Å². The maximum atomic E-state index is 13.0. The third-order valence-electron chi connectivity index (χ3n) is 4.36. The van der Waals surface area contributed by atoms with Gasteiger partial charge in [-0.2, -0.15) is 0 Å². The summed E-state index contributed by atoms with van der Waals surface area (Å²) in [6.45, 7) is 7.96. The van der Waals surface area contributed by atoms with Crippen LogP contribution in [0.5, 0.6) is 5.75 Å². The number of nitrogens with zero attached hydrogens (tertiary/aromatic N) is 1. The van der Waals surface area contributed by atoms with Crippen molar-refractivity contribution in [2.75, 3.05) is 6.61 Å². The van der Waals surface area contributed by atoms with Crippen LogP contribution in [0.2, 0.25) is 0 Å². The van der Waals surface area contributed by atoms with Crippen LogP contribution in [0.3, 0.4) is 0 Å². The Hall–Kier alpha value is -2.82. The van der Waals surface area contributed by atoms with Crippen LogP contribution in [0.1, 0.15) is 38.3 Å². The van der Waals surface area contributed by atoms with E-state index in [-0.39, 0.29) is 24.5 Å². The van der Waals surface area contributed by atoms with Crippen molar-refractivity contribution in [2.24, 2.45) is 0 Å². The molecule has 0 saturated carbocycles. The number of nitrogens with one attached hydrogen (secondary N) is 1. The maximum absolute atomic E-state index is 13.0. The highest BCUT2D eigenvalue weighted by atomic mass is 16.5. The Kier molecular flexibility index (Phi) is 8.05. The molecule has 2 rings (SSSR count). The van der Waals surface area contributed by atoms with Crippen LogP contribution in [0.4, 0.5) is 0 Å². The van der Waals surface area contributed by atoms with Crippen LogP contribution < -0.4 is 10.1 Å². The van der Waals surface area contributed by atoms with Crippen molar-refractivity contribution in [3.63, 3.8) is 0 Å². The summed E-state index contributed by atoms with van der Waals surface area (Å²) in [7, 11) is 0. The molecule has 0 saturated heterocycles. The molecular weight excluding hydrogens is 352 g/mol. The molecule has 0 aromatic heterocycles. The van der Waals surface area contributed by atoms with Crippen LogP contribution in [0.25, 0.3) is 0 Å². The topological polar surface area (TPSA) is 58.6 Å². The molecule has 1 N–H and O–H groups in total. The summed E-state index contributed by atoms with van der Waals surface area (Å²) in [4.78, 5) is 27.3. The van der Waals surface area contributed by atoms with E-state index in [1.165, 1.54) is 0 Å². The van der Waals surface area contributed by atoms with Crippen molar-refractivity contribution < 1.29 is 14.3 Å². The molecule has 2 amide bonds. The molecule has 0 aliphatic heterocycles. The monoisotopic (exact) mass is 382 g/mol. The second kappa shape index (κ2) is 10.5. The minimum absolute atomic E-state index is 0.0128. The Labute approximate surface area is 167 Å². The molecular formula is C23H30N2O3. The van der Waals surface area contributed by atoms with Crippen molar-refractivity contribution >= 4 is 11.8 Å². The average Bonchev–Trinajstić information content (AvgIpc) is 2.66. The number of carbonyl (C=O) groups excluding carboxylic acids is 2. The van der Waals surface area contributed by atoms with Gasteiger partial charge in [0.05, 0.1) is 0 Å². The second-order valence-corrected chi connectivity index (χ2v) is 7.20. The lowest BCUT2D eigenvalue weighted by Gasteiger charge is -2.31. The van der Waals surface area contributed by atoms with Crippen LogP contribution in [-0.4, -0.2) is 35.4 Å². The standard InChI is InChI=1S/C23H30N2O3/c1-5-21(23(27)24-17(2)3)25(15-19-11-7-6-8-12-19)22(26)16-28-20-13-9-10-18(4)14-20/h6-14,17,21H,5,15-16H2,1-4H3,(H,24,27)/t21-/m1/s1. The van der Waals surface area contributed by atoms with Crippen LogP contribution >= 0.6 is 0 Å². The summed E-state index contributed by atoms with van der Waals surface area (Å²) in [5.74, 6) is 0.293. The highest BCUT2D eigenvalue weighted by Gasteiger charge is 2.29. The van der Waals surface area contributed by atoms with Gasteiger partial charge < -0.3 is 15.0 Å². The lowest BCUT2D eigenvalue weighted by atomic mass is 10.1. The van der Waals surface area contributed by atoms with E-state index >= 15 is 0 Å². The van der Waals surface area contributed by atoms with E-state index in [0.29, 0.717) is 18.7 Å². The molecule has 2 aromatic carbocycles. The second-order valence-electron chi connectivity index (χ2n) is 7.20. The molecule has 0 spiro atoms. The first-order valence-corrected chi connectivity index (χ1v) is 9.74. The minimum Gasteiger partial charge on any atom is -0.484 e. The number of aryl methyl sites for hydroxylation is 1. The van der Waals surface area contributed by atoms with E-state index in [4.69, 9.17) is 4.74 Å². The molecule has 0 fully saturated rings. The fraction of sp³-hybridized carbons (Fsp3) is 0.391. The van der Waals surface area contributed by atoms with Gasteiger partial charge in [0, 0.05) is 12.6 Å². The highest BCUT2D eigenvalue weighted by molar-refractivity contribution is 5.88. The molecule has 5 nitrogen and oxygen atoms in total.